The van der Waals surface area contributed by atoms with Gasteiger partial charge in [0.25, 0.3) is 0 Å². The number of aliphatic hydroxyl groups is 1. The summed E-state index contributed by atoms with van der Waals surface area (Å²) in [6.45, 7) is 0.180. The molecule has 2 rings (SSSR count). The molecule has 0 aliphatic heterocycles. The summed E-state index contributed by atoms with van der Waals surface area (Å²) < 4.78 is 0. The third-order valence-electron chi connectivity index (χ3n) is 1.95. The van der Waals surface area contributed by atoms with Crippen molar-refractivity contribution in [1.29, 1.82) is 0 Å². The summed E-state index contributed by atoms with van der Waals surface area (Å²) in [5.41, 5.74) is 7.09. The number of imidazole rings is 1. The highest BCUT2D eigenvalue weighted by Crippen LogP contribution is 2.14. The Morgan fingerprint density at radius 1 is 1.46 bits per heavy atom. The van der Waals surface area contributed by atoms with Crippen LogP contribution in [0.15, 0.2) is 24.3 Å². The van der Waals surface area contributed by atoms with Crippen molar-refractivity contribution < 1.29 is 5.11 Å². The van der Waals surface area contributed by atoms with Crippen LogP contribution in [0.1, 0.15) is 11.9 Å². The molecule has 0 amide bonds. The van der Waals surface area contributed by atoms with Crippen LogP contribution in [-0.4, -0.2) is 21.6 Å². The SMILES string of the molecule is NCC(O)c1nc2ccccc2[nH]1. The molecular weight excluding hydrogens is 166 g/mol. The lowest BCUT2D eigenvalue weighted by atomic mass is 10.3. The molecule has 1 aromatic carbocycles. The normalized spacial score (nSPS) is 13.4. The first kappa shape index (κ1) is 8.22. The molecule has 0 aliphatic carbocycles. The van der Waals surface area contributed by atoms with Crippen molar-refractivity contribution in [2.24, 2.45) is 5.73 Å². The first-order valence-corrected chi connectivity index (χ1v) is 4.14. The number of fused-ring (bicyclic) bond motifs is 1. The van der Waals surface area contributed by atoms with Crippen molar-refractivity contribution in [2.75, 3.05) is 6.54 Å². The van der Waals surface area contributed by atoms with Crippen LogP contribution < -0.4 is 5.73 Å². The summed E-state index contributed by atoms with van der Waals surface area (Å²) in [7, 11) is 0. The summed E-state index contributed by atoms with van der Waals surface area (Å²) in [6, 6.07) is 7.62. The molecule has 0 saturated heterocycles. The Kier molecular flexibility index (Phi) is 2.00. The van der Waals surface area contributed by atoms with E-state index in [1.165, 1.54) is 0 Å². The van der Waals surface area contributed by atoms with Crippen LogP contribution in [0.5, 0.6) is 0 Å². The van der Waals surface area contributed by atoms with Gasteiger partial charge < -0.3 is 15.8 Å². The number of H-pyrrole nitrogens is 1. The molecule has 4 heteroatoms. The first-order chi connectivity index (χ1) is 6.31. The Hall–Kier alpha value is -1.39. The third kappa shape index (κ3) is 1.41. The zero-order valence-electron chi connectivity index (χ0n) is 7.07. The number of aromatic amines is 1. The minimum Gasteiger partial charge on any atom is -0.384 e. The van der Waals surface area contributed by atoms with E-state index in [1.807, 2.05) is 24.3 Å². The fourth-order valence-electron chi connectivity index (χ4n) is 1.24. The van der Waals surface area contributed by atoms with Gasteiger partial charge in [0, 0.05) is 6.54 Å². The zero-order valence-corrected chi connectivity index (χ0v) is 7.07. The Labute approximate surface area is 75.4 Å². The van der Waals surface area contributed by atoms with Crippen LogP contribution in [0.2, 0.25) is 0 Å². The summed E-state index contributed by atoms with van der Waals surface area (Å²) in [4.78, 5) is 7.20. The van der Waals surface area contributed by atoms with Gasteiger partial charge >= 0.3 is 0 Å². The number of aromatic nitrogens is 2. The van der Waals surface area contributed by atoms with E-state index in [0.29, 0.717) is 5.82 Å². The highest BCUT2D eigenvalue weighted by Gasteiger charge is 2.09. The van der Waals surface area contributed by atoms with Crippen LogP contribution in [0.25, 0.3) is 11.0 Å². The molecule has 4 N–H and O–H groups in total. The molecule has 0 spiro atoms. The predicted octanol–water partition coefficient (Wildman–Crippen LogP) is 0.555. The summed E-state index contributed by atoms with van der Waals surface area (Å²) in [6.07, 6.45) is -0.701. The van der Waals surface area contributed by atoms with Crippen molar-refractivity contribution in [3.63, 3.8) is 0 Å². The van der Waals surface area contributed by atoms with Gasteiger partial charge in [-0.3, -0.25) is 0 Å². The maximum absolute atomic E-state index is 9.41. The number of aliphatic hydroxyl groups excluding tert-OH is 1. The summed E-state index contributed by atoms with van der Waals surface area (Å²) in [5.74, 6) is 0.531. The van der Waals surface area contributed by atoms with E-state index in [2.05, 4.69) is 9.97 Å². The van der Waals surface area contributed by atoms with Gasteiger partial charge in [0.05, 0.1) is 11.0 Å². The van der Waals surface area contributed by atoms with Crippen molar-refractivity contribution in [3.8, 4) is 0 Å². The van der Waals surface area contributed by atoms with Crippen LogP contribution >= 0.6 is 0 Å². The standard InChI is InChI=1S/C9H11N3O/c10-5-8(13)9-11-6-3-1-2-4-7(6)12-9/h1-4,8,13H,5,10H2,(H,11,12). The van der Waals surface area contributed by atoms with E-state index in [4.69, 9.17) is 5.73 Å². The molecule has 0 radical (unpaired) electrons. The van der Waals surface area contributed by atoms with Crippen LogP contribution in [-0.2, 0) is 0 Å². The molecule has 1 atom stereocenters. The summed E-state index contributed by atoms with van der Waals surface area (Å²) in [5, 5.41) is 9.41. The van der Waals surface area contributed by atoms with Gasteiger partial charge in [-0.2, -0.15) is 0 Å². The van der Waals surface area contributed by atoms with E-state index in [9.17, 15) is 5.11 Å². The number of hydrogen-bond donors (Lipinski definition) is 3. The second-order valence-corrected chi connectivity index (χ2v) is 2.89. The predicted molar refractivity (Wildman–Crippen MR) is 50.1 cm³/mol. The van der Waals surface area contributed by atoms with Crippen molar-refractivity contribution >= 4 is 11.0 Å². The lowest BCUT2D eigenvalue weighted by Gasteiger charge is -2.00. The van der Waals surface area contributed by atoms with Crippen molar-refractivity contribution in [2.45, 2.75) is 6.10 Å². The maximum Gasteiger partial charge on any atom is 0.137 e. The molecule has 4 nitrogen and oxygen atoms in total. The quantitative estimate of drug-likeness (QED) is 0.627. The van der Waals surface area contributed by atoms with Gasteiger partial charge in [-0.15, -0.1) is 0 Å². The van der Waals surface area contributed by atoms with Gasteiger partial charge in [-0.25, -0.2) is 4.98 Å². The number of para-hydroxylation sites is 2. The molecule has 68 valence electrons. The Bertz CT molecular complexity index is 377. The van der Waals surface area contributed by atoms with Crippen LogP contribution in [0.3, 0.4) is 0 Å². The monoisotopic (exact) mass is 177 g/mol. The molecule has 0 bridgehead atoms. The van der Waals surface area contributed by atoms with E-state index in [-0.39, 0.29) is 6.54 Å². The van der Waals surface area contributed by atoms with E-state index >= 15 is 0 Å². The number of rotatable bonds is 2. The smallest absolute Gasteiger partial charge is 0.137 e. The van der Waals surface area contributed by atoms with Gasteiger partial charge in [0.2, 0.25) is 0 Å². The third-order valence-corrected chi connectivity index (χ3v) is 1.95. The molecule has 1 heterocycles. The van der Waals surface area contributed by atoms with E-state index in [1.54, 1.807) is 0 Å². The van der Waals surface area contributed by atoms with Crippen molar-refractivity contribution in [3.05, 3.63) is 30.1 Å². The molecule has 0 fully saturated rings. The number of benzene rings is 1. The molecule has 2 aromatic rings. The minimum atomic E-state index is -0.701. The highest BCUT2D eigenvalue weighted by atomic mass is 16.3. The minimum absolute atomic E-state index is 0.180. The number of hydrogen-bond acceptors (Lipinski definition) is 3. The number of nitrogens with two attached hydrogens (primary N) is 1. The average Bonchev–Trinajstić information content (AvgIpc) is 2.59. The van der Waals surface area contributed by atoms with Crippen LogP contribution in [0.4, 0.5) is 0 Å². The van der Waals surface area contributed by atoms with Gasteiger partial charge in [0.1, 0.15) is 11.9 Å². The van der Waals surface area contributed by atoms with Crippen LogP contribution in [0, 0.1) is 0 Å². The fraction of sp³-hybridized carbons (Fsp3) is 0.222. The summed E-state index contributed by atoms with van der Waals surface area (Å²) >= 11 is 0. The van der Waals surface area contributed by atoms with Gasteiger partial charge in [-0.1, -0.05) is 12.1 Å². The molecule has 1 aromatic heterocycles. The maximum atomic E-state index is 9.41. The second kappa shape index (κ2) is 3.16. The molecule has 0 aliphatic rings. The number of nitrogens with one attached hydrogen (secondary N) is 1. The fourth-order valence-corrected chi connectivity index (χ4v) is 1.24. The average molecular weight is 177 g/mol. The molecule has 0 saturated carbocycles. The Morgan fingerprint density at radius 2 is 2.23 bits per heavy atom. The Morgan fingerprint density at radius 3 is 2.92 bits per heavy atom. The zero-order chi connectivity index (χ0) is 9.26. The first-order valence-electron chi connectivity index (χ1n) is 4.14. The largest absolute Gasteiger partial charge is 0.384 e. The van der Waals surface area contributed by atoms with Crippen molar-refractivity contribution in [1.82, 2.24) is 9.97 Å². The molecular formula is C9H11N3O. The van der Waals surface area contributed by atoms with E-state index in [0.717, 1.165) is 11.0 Å². The molecule has 1 unspecified atom stereocenters. The Balaban J connectivity index is 2.49. The lowest BCUT2D eigenvalue weighted by molar-refractivity contribution is 0.178. The molecule has 13 heavy (non-hydrogen) atoms. The number of nitrogens with zero attached hydrogens (tertiary/aromatic N) is 1. The lowest BCUT2D eigenvalue weighted by Crippen LogP contribution is -2.12. The topological polar surface area (TPSA) is 74.9 Å². The highest BCUT2D eigenvalue weighted by molar-refractivity contribution is 5.74. The van der Waals surface area contributed by atoms with E-state index < -0.39 is 6.10 Å². The van der Waals surface area contributed by atoms with Gasteiger partial charge in [-0.05, 0) is 12.1 Å². The van der Waals surface area contributed by atoms with Gasteiger partial charge in [0.15, 0.2) is 0 Å². The second-order valence-electron chi connectivity index (χ2n) is 2.89.